The number of aryl methyl sites for hydroxylation is 2. The summed E-state index contributed by atoms with van der Waals surface area (Å²) in [6.07, 6.45) is 0. The van der Waals surface area contributed by atoms with E-state index >= 15 is 0 Å². The molecular formula is C14H12FN3OS. The van der Waals surface area contributed by atoms with Crippen molar-refractivity contribution in [1.29, 1.82) is 0 Å². The fourth-order valence-corrected chi connectivity index (χ4v) is 3.03. The summed E-state index contributed by atoms with van der Waals surface area (Å²) < 4.78 is 14.2. The lowest BCUT2D eigenvalue weighted by Crippen LogP contribution is -2.24. The van der Waals surface area contributed by atoms with Crippen molar-refractivity contribution < 1.29 is 4.39 Å². The van der Waals surface area contributed by atoms with Crippen molar-refractivity contribution in [3.05, 3.63) is 56.4 Å². The molecule has 0 amide bonds. The zero-order chi connectivity index (χ0) is 14.3. The van der Waals surface area contributed by atoms with Crippen LogP contribution >= 0.6 is 11.3 Å². The highest BCUT2D eigenvalue weighted by molar-refractivity contribution is 7.18. The predicted octanol–water partition coefficient (Wildman–Crippen LogP) is 2.66. The molecule has 0 saturated heterocycles. The van der Waals surface area contributed by atoms with Crippen LogP contribution in [0.2, 0.25) is 0 Å². The molecule has 2 heterocycles. The minimum atomic E-state index is -0.299. The lowest BCUT2D eigenvalue weighted by molar-refractivity contribution is 0.597. The van der Waals surface area contributed by atoms with E-state index in [1.54, 1.807) is 12.1 Å². The Balaban J connectivity index is 2.08. The molecule has 3 rings (SSSR count). The summed E-state index contributed by atoms with van der Waals surface area (Å²) >= 11 is 1.47. The Morgan fingerprint density at radius 2 is 1.95 bits per heavy atom. The Morgan fingerprint density at radius 3 is 2.65 bits per heavy atom. The van der Waals surface area contributed by atoms with E-state index in [2.05, 4.69) is 10.3 Å². The summed E-state index contributed by atoms with van der Waals surface area (Å²) in [7, 11) is 0. The van der Waals surface area contributed by atoms with Gasteiger partial charge in [0.1, 0.15) is 5.82 Å². The van der Waals surface area contributed by atoms with Crippen molar-refractivity contribution >= 4 is 21.6 Å². The van der Waals surface area contributed by atoms with Crippen LogP contribution < -0.4 is 5.56 Å². The number of fused-ring (bicyclic) bond motifs is 1. The van der Waals surface area contributed by atoms with E-state index in [-0.39, 0.29) is 17.9 Å². The first-order valence-electron chi connectivity index (χ1n) is 6.14. The van der Waals surface area contributed by atoms with Gasteiger partial charge in [-0.2, -0.15) is 0 Å². The number of benzene rings is 1. The molecule has 2 aromatic heterocycles. The molecule has 102 valence electrons. The van der Waals surface area contributed by atoms with Gasteiger partial charge in [0.05, 0.1) is 11.9 Å². The van der Waals surface area contributed by atoms with Crippen molar-refractivity contribution in [3.8, 4) is 0 Å². The first-order valence-corrected chi connectivity index (χ1v) is 6.96. The van der Waals surface area contributed by atoms with E-state index < -0.39 is 0 Å². The minimum Gasteiger partial charge on any atom is -0.267 e. The molecule has 1 aromatic carbocycles. The number of thiophene rings is 1. The number of nitrogens with zero attached hydrogens (tertiary/aromatic N) is 3. The van der Waals surface area contributed by atoms with Gasteiger partial charge in [-0.1, -0.05) is 17.3 Å². The van der Waals surface area contributed by atoms with E-state index in [0.717, 1.165) is 16.0 Å². The number of rotatable bonds is 2. The fraction of sp³-hybridized carbons (Fsp3) is 0.214. The number of hydrogen-bond acceptors (Lipinski definition) is 4. The van der Waals surface area contributed by atoms with Gasteiger partial charge in [-0.05, 0) is 37.1 Å². The maximum absolute atomic E-state index is 12.9. The van der Waals surface area contributed by atoms with Crippen LogP contribution in [0.3, 0.4) is 0 Å². The minimum absolute atomic E-state index is 0.152. The van der Waals surface area contributed by atoms with Crippen molar-refractivity contribution in [2.45, 2.75) is 20.4 Å². The van der Waals surface area contributed by atoms with Crippen molar-refractivity contribution in [3.63, 3.8) is 0 Å². The molecule has 0 unspecified atom stereocenters. The van der Waals surface area contributed by atoms with Crippen LogP contribution in [0, 0.1) is 19.7 Å². The molecule has 0 bridgehead atoms. The summed E-state index contributed by atoms with van der Waals surface area (Å²) in [5.41, 5.74) is 1.62. The van der Waals surface area contributed by atoms with Crippen LogP contribution in [0.15, 0.2) is 29.1 Å². The van der Waals surface area contributed by atoms with E-state index in [4.69, 9.17) is 0 Å². The second-order valence-electron chi connectivity index (χ2n) is 4.64. The highest BCUT2D eigenvalue weighted by Crippen LogP contribution is 2.24. The largest absolute Gasteiger partial charge is 0.279 e. The molecule has 0 atom stereocenters. The lowest BCUT2D eigenvalue weighted by atomic mass is 10.2. The van der Waals surface area contributed by atoms with Gasteiger partial charge < -0.3 is 0 Å². The molecule has 0 spiro atoms. The van der Waals surface area contributed by atoms with Crippen LogP contribution in [0.1, 0.15) is 16.0 Å². The van der Waals surface area contributed by atoms with Crippen molar-refractivity contribution in [1.82, 2.24) is 15.0 Å². The van der Waals surface area contributed by atoms with Crippen LogP contribution in [0.25, 0.3) is 10.2 Å². The predicted molar refractivity (Wildman–Crippen MR) is 76.7 cm³/mol. The van der Waals surface area contributed by atoms with Crippen LogP contribution in [0.5, 0.6) is 0 Å². The van der Waals surface area contributed by atoms with Gasteiger partial charge in [0.15, 0.2) is 4.83 Å². The van der Waals surface area contributed by atoms with Gasteiger partial charge in [-0.15, -0.1) is 16.4 Å². The third-order valence-corrected chi connectivity index (χ3v) is 4.40. The zero-order valence-corrected chi connectivity index (χ0v) is 11.9. The Labute approximate surface area is 118 Å². The summed E-state index contributed by atoms with van der Waals surface area (Å²) in [6.45, 7) is 4.17. The second kappa shape index (κ2) is 4.79. The molecule has 0 aliphatic rings. The molecule has 0 N–H and O–H groups in total. The quantitative estimate of drug-likeness (QED) is 0.728. The molecule has 0 fully saturated rings. The molecule has 3 aromatic rings. The first-order chi connectivity index (χ1) is 9.56. The topological polar surface area (TPSA) is 47.8 Å². The van der Waals surface area contributed by atoms with E-state index in [9.17, 15) is 9.18 Å². The van der Waals surface area contributed by atoms with Crippen LogP contribution in [-0.4, -0.2) is 15.0 Å². The standard InChI is InChI=1S/C14H12FN3OS/c1-8-9(2)20-13-12(8)14(19)18(17-16-13)7-10-3-5-11(15)6-4-10/h3-6H,7H2,1-2H3. The molecule has 0 aliphatic heterocycles. The van der Waals surface area contributed by atoms with Gasteiger partial charge in [0.25, 0.3) is 5.56 Å². The van der Waals surface area contributed by atoms with E-state index in [0.29, 0.717) is 10.2 Å². The van der Waals surface area contributed by atoms with Crippen LogP contribution in [-0.2, 0) is 6.54 Å². The summed E-state index contributed by atoms with van der Waals surface area (Å²) in [5, 5.41) is 8.67. The molecular weight excluding hydrogens is 277 g/mol. The first kappa shape index (κ1) is 12.9. The molecule has 6 heteroatoms. The smallest absolute Gasteiger partial charge is 0.267 e. The Morgan fingerprint density at radius 1 is 1.25 bits per heavy atom. The van der Waals surface area contributed by atoms with Gasteiger partial charge in [-0.25, -0.2) is 9.07 Å². The van der Waals surface area contributed by atoms with E-state index in [1.165, 1.54) is 28.2 Å². The lowest BCUT2D eigenvalue weighted by Gasteiger charge is -2.03. The maximum atomic E-state index is 12.9. The highest BCUT2D eigenvalue weighted by atomic mass is 32.1. The highest BCUT2D eigenvalue weighted by Gasteiger charge is 2.13. The summed E-state index contributed by atoms with van der Waals surface area (Å²) in [5.74, 6) is -0.299. The van der Waals surface area contributed by atoms with Gasteiger partial charge in [0.2, 0.25) is 0 Å². The normalized spacial score (nSPS) is 11.2. The molecule has 0 aliphatic carbocycles. The molecule has 0 radical (unpaired) electrons. The van der Waals surface area contributed by atoms with Crippen molar-refractivity contribution in [2.75, 3.05) is 0 Å². The Hall–Kier alpha value is -2.08. The van der Waals surface area contributed by atoms with E-state index in [1.807, 2.05) is 13.8 Å². The monoisotopic (exact) mass is 289 g/mol. The zero-order valence-electron chi connectivity index (χ0n) is 11.1. The summed E-state index contributed by atoms with van der Waals surface area (Å²) in [6, 6.07) is 6.01. The summed E-state index contributed by atoms with van der Waals surface area (Å²) in [4.78, 5) is 14.2. The van der Waals surface area contributed by atoms with Crippen molar-refractivity contribution in [2.24, 2.45) is 0 Å². The number of halogens is 1. The third-order valence-electron chi connectivity index (χ3n) is 3.30. The molecule has 0 saturated carbocycles. The Kier molecular flexibility index (Phi) is 3.10. The molecule has 4 nitrogen and oxygen atoms in total. The third kappa shape index (κ3) is 2.12. The number of aromatic nitrogens is 3. The fourth-order valence-electron chi connectivity index (χ4n) is 2.06. The van der Waals surface area contributed by atoms with Crippen LogP contribution in [0.4, 0.5) is 4.39 Å². The Bertz CT molecular complexity index is 836. The van der Waals surface area contributed by atoms with Gasteiger partial charge >= 0.3 is 0 Å². The average molecular weight is 289 g/mol. The maximum Gasteiger partial charge on any atom is 0.279 e. The second-order valence-corrected chi connectivity index (χ2v) is 5.85. The average Bonchev–Trinajstić information content (AvgIpc) is 2.72. The van der Waals surface area contributed by atoms with Gasteiger partial charge in [0, 0.05) is 4.88 Å². The van der Waals surface area contributed by atoms with Gasteiger partial charge in [-0.3, -0.25) is 4.79 Å². The SMILES string of the molecule is Cc1sc2nnn(Cc3ccc(F)cc3)c(=O)c2c1C. The molecule has 20 heavy (non-hydrogen) atoms. The number of hydrogen-bond donors (Lipinski definition) is 0.